The van der Waals surface area contributed by atoms with E-state index in [4.69, 9.17) is 5.73 Å². The molecule has 10 heteroatoms. The Morgan fingerprint density at radius 3 is 2.53 bits per heavy atom. The number of carbonyl (C=O) groups excluding carboxylic acids is 2. The van der Waals surface area contributed by atoms with Crippen LogP contribution in [0.5, 0.6) is 0 Å². The summed E-state index contributed by atoms with van der Waals surface area (Å²) < 4.78 is 40.9. The highest BCUT2D eigenvalue weighted by molar-refractivity contribution is 5.94. The van der Waals surface area contributed by atoms with Crippen LogP contribution in [-0.2, 0) is 22.6 Å². The van der Waals surface area contributed by atoms with Gasteiger partial charge in [-0.2, -0.15) is 0 Å². The summed E-state index contributed by atoms with van der Waals surface area (Å²) in [7, 11) is 0. The van der Waals surface area contributed by atoms with E-state index >= 15 is 0 Å². The van der Waals surface area contributed by atoms with Crippen molar-refractivity contribution in [3.05, 3.63) is 65.0 Å². The van der Waals surface area contributed by atoms with Gasteiger partial charge in [0.15, 0.2) is 17.7 Å². The molecular formula is C26H30F3N5O2. The molecule has 3 atom stereocenters. The number of anilines is 1. The third-order valence-corrected chi connectivity index (χ3v) is 6.80. The Balaban J connectivity index is 1.54. The second-order valence-electron chi connectivity index (χ2n) is 9.12. The number of benzene rings is 2. The van der Waals surface area contributed by atoms with Gasteiger partial charge in [-0.15, -0.1) is 0 Å². The third kappa shape index (κ3) is 5.09. The molecule has 0 saturated carbocycles. The molecule has 0 aromatic heterocycles. The zero-order chi connectivity index (χ0) is 26.0. The molecule has 2 aliphatic heterocycles. The van der Waals surface area contributed by atoms with Crippen molar-refractivity contribution in [1.29, 1.82) is 0 Å². The monoisotopic (exact) mass is 501 g/mol. The van der Waals surface area contributed by atoms with Crippen molar-refractivity contribution in [3.8, 4) is 0 Å². The molecule has 7 nitrogen and oxygen atoms in total. The molecule has 192 valence electrons. The van der Waals surface area contributed by atoms with E-state index in [2.05, 4.69) is 4.99 Å². The first-order valence-corrected chi connectivity index (χ1v) is 12.1. The van der Waals surface area contributed by atoms with Gasteiger partial charge in [-0.3, -0.25) is 14.6 Å². The normalized spacial score (nSPS) is 19.5. The van der Waals surface area contributed by atoms with Crippen LogP contribution in [0.3, 0.4) is 0 Å². The number of likely N-dealkylation sites (N-methyl/N-ethyl adjacent to an activating group) is 1. The van der Waals surface area contributed by atoms with Gasteiger partial charge >= 0.3 is 0 Å². The van der Waals surface area contributed by atoms with Crippen LogP contribution in [0.1, 0.15) is 31.4 Å². The molecule has 0 radical (unpaired) electrons. The van der Waals surface area contributed by atoms with Crippen molar-refractivity contribution in [2.24, 2.45) is 10.7 Å². The van der Waals surface area contributed by atoms with Gasteiger partial charge in [0.25, 0.3) is 0 Å². The summed E-state index contributed by atoms with van der Waals surface area (Å²) in [5.74, 6) is -3.72. The van der Waals surface area contributed by atoms with Crippen LogP contribution in [-0.4, -0.2) is 65.7 Å². The molecular weight excluding hydrogens is 471 g/mol. The van der Waals surface area contributed by atoms with Crippen LogP contribution in [0.4, 0.5) is 18.9 Å². The molecule has 2 unspecified atom stereocenters. The topological polar surface area (TPSA) is 82.2 Å². The second-order valence-corrected chi connectivity index (χ2v) is 9.12. The molecule has 2 heterocycles. The summed E-state index contributed by atoms with van der Waals surface area (Å²) in [5.41, 5.74) is 7.83. The predicted octanol–water partition coefficient (Wildman–Crippen LogP) is 2.86. The van der Waals surface area contributed by atoms with E-state index in [1.54, 1.807) is 16.1 Å². The predicted molar refractivity (Wildman–Crippen MR) is 131 cm³/mol. The maximum atomic E-state index is 14.1. The van der Waals surface area contributed by atoms with Gasteiger partial charge in [-0.1, -0.05) is 18.2 Å². The van der Waals surface area contributed by atoms with Gasteiger partial charge in [-0.05, 0) is 43.5 Å². The number of nitrogens with two attached hydrogens (primary N) is 1. The SMILES string of the molecule is CCN(CC)C(=O)C1N=CN2c3ccccc3CN(C(=O)C[C@H](N)Cc3cc(F)c(F)cc3F)CC12. The van der Waals surface area contributed by atoms with Crippen LogP contribution in [0, 0.1) is 17.5 Å². The average Bonchev–Trinajstić information content (AvgIpc) is 3.18. The molecule has 0 saturated heterocycles. The van der Waals surface area contributed by atoms with Crippen molar-refractivity contribution in [2.75, 3.05) is 24.5 Å². The number of hydrogen-bond acceptors (Lipinski definition) is 5. The number of halogens is 3. The van der Waals surface area contributed by atoms with Crippen LogP contribution in [0.25, 0.3) is 0 Å². The smallest absolute Gasteiger partial charge is 0.249 e. The number of para-hydroxylation sites is 1. The number of amides is 2. The van der Waals surface area contributed by atoms with E-state index in [1.165, 1.54) is 0 Å². The fourth-order valence-corrected chi connectivity index (χ4v) is 4.87. The minimum Gasteiger partial charge on any atom is -0.341 e. The fourth-order valence-electron chi connectivity index (χ4n) is 4.87. The van der Waals surface area contributed by atoms with Crippen molar-refractivity contribution < 1.29 is 22.8 Å². The maximum Gasteiger partial charge on any atom is 0.249 e. The van der Waals surface area contributed by atoms with E-state index in [9.17, 15) is 22.8 Å². The quantitative estimate of drug-likeness (QED) is 0.592. The van der Waals surface area contributed by atoms with Gasteiger partial charge < -0.3 is 20.4 Å². The first-order valence-electron chi connectivity index (χ1n) is 12.1. The Labute approximate surface area is 208 Å². The van der Waals surface area contributed by atoms with Crippen molar-refractivity contribution in [3.63, 3.8) is 0 Å². The lowest BCUT2D eigenvalue weighted by Gasteiger charge is -2.31. The molecule has 2 aliphatic rings. The van der Waals surface area contributed by atoms with E-state index in [-0.39, 0.29) is 42.8 Å². The maximum absolute atomic E-state index is 14.1. The highest BCUT2D eigenvalue weighted by atomic mass is 19.2. The summed E-state index contributed by atoms with van der Waals surface area (Å²) in [4.78, 5) is 36.4. The second kappa shape index (κ2) is 10.7. The number of carbonyl (C=O) groups is 2. The van der Waals surface area contributed by atoms with Crippen LogP contribution < -0.4 is 10.6 Å². The first kappa shape index (κ1) is 25.7. The van der Waals surface area contributed by atoms with Crippen LogP contribution in [0.2, 0.25) is 0 Å². The molecule has 2 amide bonds. The molecule has 0 aliphatic carbocycles. The average molecular weight is 502 g/mol. The molecule has 2 aromatic rings. The summed E-state index contributed by atoms with van der Waals surface area (Å²) in [6, 6.07) is 7.03. The largest absolute Gasteiger partial charge is 0.341 e. The standard InChI is InChI=1S/C26H30F3N5O2/c1-3-32(4-2)26(36)25-23-14-33(13-16-7-5-6-8-22(16)34(23)15-31-25)24(35)11-18(30)9-17-10-20(28)21(29)12-19(17)27/h5-8,10,12,15,18,23,25H,3-4,9,11,13-14,30H2,1-2H3/t18-,23?,25?/m1/s1. The Morgan fingerprint density at radius 1 is 1.11 bits per heavy atom. The Bertz CT molecular complexity index is 1170. The number of hydrogen-bond donors (Lipinski definition) is 1. The highest BCUT2D eigenvalue weighted by Crippen LogP contribution is 2.32. The zero-order valence-corrected chi connectivity index (χ0v) is 20.3. The Kier molecular flexibility index (Phi) is 7.63. The first-order chi connectivity index (χ1) is 17.2. The number of rotatable bonds is 7. The fraction of sp³-hybridized carbons (Fsp3) is 0.423. The minimum atomic E-state index is -1.28. The van der Waals surface area contributed by atoms with E-state index in [0.717, 1.165) is 17.3 Å². The number of aliphatic imine (C=N–C) groups is 1. The van der Waals surface area contributed by atoms with Crippen LogP contribution in [0.15, 0.2) is 41.4 Å². The van der Waals surface area contributed by atoms with Gasteiger partial charge in [0, 0.05) is 50.4 Å². The molecule has 0 spiro atoms. The number of nitrogens with zero attached hydrogens (tertiary/aromatic N) is 4. The van der Waals surface area contributed by atoms with Gasteiger partial charge in [0.1, 0.15) is 5.82 Å². The number of fused-ring (bicyclic) bond motifs is 3. The molecule has 2 aromatic carbocycles. The van der Waals surface area contributed by atoms with E-state index in [0.29, 0.717) is 25.7 Å². The van der Waals surface area contributed by atoms with Crippen molar-refractivity contribution in [2.45, 2.75) is 51.4 Å². The van der Waals surface area contributed by atoms with E-state index in [1.807, 2.05) is 43.0 Å². The zero-order valence-electron chi connectivity index (χ0n) is 20.3. The van der Waals surface area contributed by atoms with Gasteiger partial charge in [0.2, 0.25) is 11.8 Å². The third-order valence-electron chi connectivity index (χ3n) is 6.80. The molecule has 0 fully saturated rings. The summed E-state index contributed by atoms with van der Waals surface area (Å²) in [6.45, 7) is 5.50. The Morgan fingerprint density at radius 2 is 1.81 bits per heavy atom. The van der Waals surface area contributed by atoms with Gasteiger partial charge in [0.05, 0.1) is 12.4 Å². The lowest BCUT2D eigenvalue weighted by Crippen LogP contribution is -2.51. The van der Waals surface area contributed by atoms with Gasteiger partial charge in [-0.25, -0.2) is 13.2 Å². The van der Waals surface area contributed by atoms with Crippen molar-refractivity contribution in [1.82, 2.24) is 9.80 Å². The highest BCUT2D eigenvalue weighted by Gasteiger charge is 2.42. The molecule has 2 N–H and O–H groups in total. The molecule has 0 bridgehead atoms. The molecule has 36 heavy (non-hydrogen) atoms. The summed E-state index contributed by atoms with van der Waals surface area (Å²) >= 11 is 0. The lowest BCUT2D eigenvalue weighted by atomic mass is 10.0. The summed E-state index contributed by atoms with van der Waals surface area (Å²) in [6.07, 6.45) is 1.42. The lowest BCUT2D eigenvalue weighted by molar-refractivity contribution is -0.135. The van der Waals surface area contributed by atoms with Crippen molar-refractivity contribution >= 4 is 23.8 Å². The van der Waals surface area contributed by atoms with E-state index < -0.39 is 29.5 Å². The Hall–Kier alpha value is -3.40. The molecule has 4 rings (SSSR count). The minimum absolute atomic E-state index is 0.0873. The summed E-state index contributed by atoms with van der Waals surface area (Å²) in [5, 5.41) is 0. The van der Waals surface area contributed by atoms with Crippen LogP contribution >= 0.6 is 0 Å².